The number of hydrogen-bond donors (Lipinski definition) is 3. The van der Waals surface area contributed by atoms with Gasteiger partial charge in [0.15, 0.2) is 0 Å². The summed E-state index contributed by atoms with van der Waals surface area (Å²) in [5.41, 5.74) is 0. The first kappa shape index (κ1) is 15.1. The molecule has 1 atom stereocenters. The van der Waals surface area contributed by atoms with E-state index in [0.29, 0.717) is 30.8 Å². The molecule has 21 heavy (non-hydrogen) atoms. The Morgan fingerprint density at radius 3 is 2.48 bits per heavy atom. The van der Waals surface area contributed by atoms with Gasteiger partial charge < -0.3 is 15.7 Å². The van der Waals surface area contributed by atoms with Crippen LogP contribution in [0, 0.1) is 0 Å². The number of rotatable bonds is 8. The van der Waals surface area contributed by atoms with Gasteiger partial charge in [-0.05, 0) is 19.8 Å². The first-order valence-electron chi connectivity index (χ1n) is 6.96. The first-order chi connectivity index (χ1) is 10.2. The Kier molecular flexibility index (Phi) is 5.38. The molecule has 0 bridgehead atoms. The fourth-order valence-corrected chi connectivity index (χ4v) is 1.57. The van der Waals surface area contributed by atoms with E-state index >= 15 is 0 Å². The van der Waals surface area contributed by atoms with Crippen molar-refractivity contribution in [1.82, 2.24) is 29.7 Å². The zero-order chi connectivity index (χ0) is 15.1. The van der Waals surface area contributed by atoms with Crippen molar-refractivity contribution in [1.29, 1.82) is 0 Å². The molecule has 1 unspecified atom stereocenters. The summed E-state index contributed by atoms with van der Waals surface area (Å²) < 4.78 is 1.47. The van der Waals surface area contributed by atoms with E-state index in [9.17, 15) is 5.11 Å². The zero-order valence-corrected chi connectivity index (χ0v) is 12.2. The highest BCUT2D eigenvalue weighted by molar-refractivity contribution is 5.37. The largest absolute Gasteiger partial charge is 0.393 e. The van der Waals surface area contributed by atoms with E-state index in [1.54, 1.807) is 6.92 Å². The molecule has 0 aliphatic heterocycles. The molecule has 0 radical (unpaired) electrons. The quantitative estimate of drug-likeness (QED) is 0.643. The number of aliphatic hydroxyl groups is 1. The maximum Gasteiger partial charge on any atom is 0.258 e. The van der Waals surface area contributed by atoms with Gasteiger partial charge in [0.2, 0.25) is 11.9 Å². The van der Waals surface area contributed by atoms with Crippen molar-refractivity contribution in [3.05, 3.63) is 12.7 Å². The molecule has 0 saturated heterocycles. The zero-order valence-electron chi connectivity index (χ0n) is 12.2. The molecule has 0 saturated carbocycles. The predicted octanol–water partition coefficient (Wildman–Crippen LogP) is 0.457. The minimum Gasteiger partial charge on any atom is -0.393 e. The van der Waals surface area contributed by atoms with E-state index in [1.165, 1.54) is 17.3 Å². The van der Waals surface area contributed by atoms with Crippen LogP contribution < -0.4 is 10.6 Å². The summed E-state index contributed by atoms with van der Waals surface area (Å²) in [6, 6.07) is 0. The number of nitrogens with one attached hydrogen (secondary N) is 2. The van der Waals surface area contributed by atoms with E-state index in [4.69, 9.17) is 0 Å². The third kappa shape index (κ3) is 4.63. The number of anilines is 2. The van der Waals surface area contributed by atoms with Crippen molar-refractivity contribution < 1.29 is 5.11 Å². The third-order valence-corrected chi connectivity index (χ3v) is 2.63. The van der Waals surface area contributed by atoms with Gasteiger partial charge in [-0.15, -0.1) is 0 Å². The second kappa shape index (κ2) is 7.48. The van der Waals surface area contributed by atoms with Crippen LogP contribution in [0.3, 0.4) is 0 Å². The molecule has 0 aliphatic carbocycles. The SMILES string of the molecule is CCCNc1nc(NCCC(C)O)nc(-n2cncn2)n1. The third-order valence-electron chi connectivity index (χ3n) is 2.63. The van der Waals surface area contributed by atoms with Crippen molar-refractivity contribution in [2.24, 2.45) is 0 Å². The van der Waals surface area contributed by atoms with Crippen LogP contribution in [0.5, 0.6) is 0 Å². The molecule has 0 amide bonds. The number of hydrogen-bond acceptors (Lipinski definition) is 8. The molecule has 2 aromatic heterocycles. The fourth-order valence-electron chi connectivity index (χ4n) is 1.57. The van der Waals surface area contributed by atoms with Gasteiger partial charge in [-0.2, -0.15) is 24.7 Å². The van der Waals surface area contributed by atoms with Gasteiger partial charge in [0.05, 0.1) is 6.10 Å². The van der Waals surface area contributed by atoms with E-state index in [2.05, 4.69) is 42.6 Å². The molecule has 0 aliphatic rings. The molecule has 2 rings (SSSR count). The summed E-state index contributed by atoms with van der Waals surface area (Å²) in [4.78, 5) is 16.8. The summed E-state index contributed by atoms with van der Waals surface area (Å²) in [5.74, 6) is 1.31. The summed E-state index contributed by atoms with van der Waals surface area (Å²) in [7, 11) is 0. The average Bonchev–Trinajstić information content (AvgIpc) is 2.99. The minimum atomic E-state index is -0.369. The number of nitrogens with zero attached hydrogens (tertiary/aromatic N) is 6. The highest BCUT2D eigenvalue weighted by Crippen LogP contribution is 2.08. The lowest BCUT2D eigenvalue weighted by Crippen LogP contribution is -2.15. The van der Waals surface area contributed by atoms with Gasteiger partial charge in [0.1, 0.15) is 12.7 Å². The maximum absolute atomic E-state index is 9.28. The first-order valence-corrected chi connectivity index (χ1v) is 6.96. The Morgan fingerprint density at radius 1 is 1.19 bits per heavy atom. The minimum absolute atomic E-state index is 0.369. The van der Waals surface area contributed by atoms with Crippen molar-refractivity contribution in [3.63, 3.8) is 0 Å². The lowest BCUT2D eigenvalue weighted by Gasteiger charge is -2.10. The van der Waals surface area contributed by atoms with Crippen LogP contribution in [-0.2, 0) is 0 Å². The molecule has 2 aromatic rings. The van der Waals surface area contributed by atoms with Gasteiger partial charge in [-0.3, -0.25) is 0 Å². The van der Waals surface area contributed by atoms with Crippen molar-refractivity contribution >= 4 is 11.9 Å². The van der Waals surface area contributed by atoms with Crippen molar-refractivity contribution in [2.45, 2.75) is 32.8 Å². The topological polar surface area (TPSA) is 114 Å². The Balaban J connectivity index is 2.16. The summed E-state index contributed by atoms with van der Waals surface area (Å²) >= 11 is 0. The van der Waals surface area contributed by atoms with Gasteiger partial charge in [0.25, 0.3) is 5.95 Å². The van der Waals surface area contributed by atoms with Crippen molar-refractivity contribution in [3.8, 4) is 5.95 Å². The Morgan fingerprint density at radius 2 is 1.90 bits per heavy atom. The van der Waals surface area contributed by atoms with Crippen LogP contribution in [0.15, 0.2) is 12.7 Å². The van der Waals surface area contributed by atoms with Crippen LogP contribution in [-0.4, -0.2) is 54.0 Å². The Labute approximate surface area is 122 Å². The van der Waals surface area contributed by atoms with Gasteiger partial charge in [-0.25, -0.2) is 4.98 Å². The smallest absolute Gasteiger partial charge is 0.258 e. The van der Waals surface area contributed by atoms with Crippen LogP contribution in [0.1, 0.15) is 26.7 Å². The molecule has 9 nitrogen and oxygen atoms in total. The highest BCUT2D eigenvalue weighted by atomic mass is 16.3. The lowest BCUT2D eigenvalue weighted by molar-refractivity contribution is 0.188. The van der Waals surface area contributed by atoms with Gasteiger partial charge in [0, 0.05) is 13.1 Å². The number of aliphatic hydroxyl groups excluding tert-OH is 1. The molecule has 114 valence electrons. The molecule has 0 fully saturated rings. The molecule has 2 heterocycles. The second-order valence-electron chi connectivity index (χ2n) is 4.61. The second-order valence-corrected chi connectivity index (χ2v) is 4.61. The van der Waals surface area contributed by atoms with Crippen LogP contribution >= 0.6 is 0 Å². The van der Waals surface area contributed by atoms with E-state index in [0.717, 1.165) is 13.0 Å². The molecule has 0 spiro atoms. The highest BCUT2D eigenvalue weighted by Gasteiger charge is 2.08. The predicted molar refractivity (Wildman–Crippen MR) is 78.3 cm³/mol. The molecule has 0 aromatic carbocycles. The van der Waals surface area contributed by atoms with E-state index in [1.807, 2.05) is 0 Å². The van der Waals surface area contributed by atoms with Crippen LogP contribution in [0.2, 0.25) is 0 Å². The fraction of sp³-hybridized carbons (Fsp3) is 0.583. The average molecular weight is 292 g/mol. The van der Waals surface area contributed by atoms with Crippen LogP contribution in [0.25, 0.3) is 5.95 Å². The van der Waals surface area contributed by atoms with Gasteiger partial charge in [-0.1, -0.05) is 6.92 Å². The standard InChI is InChI=1S/C12H20N8O/c1-3-5-14-10-17-11(15-6-4-9(2)21)19-12(18-10)20-8-13-7-16-20/h7-9,21H,3-6H2,1-2H3,(H2,14,15,17,18,19). The molecule has 9 heteroatoms. The van der Waals surface area contributed by atoms with Crippen molar-refractivity contribution in [2.75, 3.05) is 23.7 Å². The monoisotopic (exact) mass is 292 g/mol. The molecular formula is C12H20N8O. The summed E-state index contributed by atoms with van der Waals surface area (Å²) in [5, 5.41) is 19.5. The van der Waals surface area contributed by atoms with E-state index < -0.39 is 0 Å². The summed E-state index contributed by atoms with van der Waals surface area (Å²) in [6.45, 7) is 5.15. The Hall–Kier alpha value is -2.29. The summed E-state index contributed by atoms with van der Waals surface area (Å²) in [6.07, 6.45) is 4.16. The van der Waals surface area contributed by atoms with E-state index in [-0.39, 0.29) is 6.10 Å². The van der Waals surface area contributed by atoms with Gasteiger partial charge >= 0.3 is 0 Å². The normalized spacial score (nSPS) is 12.1. The number of aromatic nitrogens is 6. The molecule has 3 N–H and O–H groups in total. The lowest BCUT2D eigenvalue weighted by atomic mass is 10.3. The molecular weight excluding hydrogens is 272 g/mol. The van der Waals surface area contributed by atoms with Crippen LogP contribution in [0.4, 0.5) is 11.9 Å². The Bertz CT molecular complexity index is 542. The maximum atomic E-state index is 9.28.